The fourth-order valence-corrected chi connectivity index (χ4v) is 1.92. The zero-order valence-electron chi connectivity index (χ0n) is 7.98. The van der Waals surface area contributed by atoms with E-state index in [1.807, 2.05) is 25.1 Å². The molecule has 5 heteroatoms. The second kappa shape index (κ2) is 2.90. The Morgan fingerprint density at radius 1 is 1.27 bits per heavy atom. The van der Waals surface area contributed by atoms with Crippen LogP contribution in [0.3, 0.4) is 0 Å². The van der Waals surface area contributed by atoms with Crippen LogP contribution in [0.25, 0.3) is 16.6 Å². The Hall–Kier alpha value is -1.68. The molecule has 0 spiro atoms. The Labute approximate surface area is 90.5 Å². The summed E-state index contributed by atoms with van der Waals surface area (Å²) in [6.07, 6.45) is 0. The molecule has 0 amide bonds. The average Bonchev–Trinajstić information content (AvgIpc) is 2.66. The van der Waals surface area contributed by atoms with Gasteiger partial charge in [-0.15, -0.1) is 5.10 Å². The molecule has 1 aromatic carbocycles. The summed E-state index contributed by atoms with van der Waals surface area (Å²) in [5, 5.41) is 13.0. The van der Waals surface area contributed by atoms with Crippen molar-refractivity contribution in [2.75, 3.05) is 0 Å². The van der Waals surface area contributed by atoms with E-state index >= 15 is 0 Å². The summed E-state index contributed by atoms with van der Waals surface area (Å²) in [4.78, 5) is 0. The largest absolute Gasteiger partial charge is 0.193 e. The van der Waals surface area contributed by atoms with Gasteiger partial charge in [0.05, 0.1) is 10.5 Å². The maximum Gasteiger partial charge on any atom is 0.181 e. The Balaban J connectivity index is 2.61. The summed E-state index contributed by atoms with van der Waals surface area (Å²) < 4.78 is 1.68. The van der Waals surface area contributed by atoms with Crippen molar-refractivity contribution in [2.45, 2.75) is 6.92 Å². The molecular weight excluding hydrogens is 212 g/mol. The summed E-state index contributed by atoms with van der Waals surface area (Å²) in [6.45, 7) is 2.03. The molecule has 3 aromatic rings. The molecule has 0 fully saturated rings. The Morgan fingerprint density at radius 2 is 2.13 bits per heavy atom. The summed E-state index contributed by atoms with van der Waals surface area (Å²) in [7, 11) is 0. The molecule has 0 radical (unpaired) electrons. The number of hydrogen-bond donors (Lipinski definition) is 0. The smallest absolute Gasteiger partial charge is 0.181 e. The minimum Gasteiger partial charge on any atom is -0.193 e. The molecule has 0 N–H and O–H groups in total. The van der Waals surface area contributed by atoms with E-state index in [9.17, 15) is 0 Å². The number of hydrogen-bond acceptors (Lipinski definition) is 3. The van der Waals surface area contributed by atoms with Gasteiger partial charge in [0, 0.05) is 11.5 Å². The van der Waals surface area contributed by atoms with Crippen LogP contribution in [0.1, 0.15) is 5.56 Å². The van der Waals surface area contributed by atoms with Gasteiger partial charge >= 0.3 is 0 Å². The van der Waals surface area contributed by atoms with Gasteiger partial charge in [0.1, 0.15) is 0 Å². The van der Waals surface area contributed by atoms with Crippen molar-refractivity contribution in [1.82, 2.24) is 20.0 Å². The Morgan fingerprint density at radius 3 is 3.00 bits per heavy atom. The summed E-state index contributed by atoms with van der Waals surface area (Å²) in [5.41, 5.74) is 2.75. The molecule has 2 heterocycles. The van der Waals surface area contributed by atoms with E-state index in [0.29, 0.717) is 10.7 Å². The third-order valence-electron chi connectivity index (χ3n) is 2.39. The van der Waals surface area contributed by atoms with E-state index in [0.717, 1.165) is 16.5 Å². The van der Waals surface area contributed by atoms with Crippen LogP contribution in [0.4, 0.5) is 0 Å². The summed E-state index contributed by atoms with van der Waals surface area (Å²) >= 11 is 6.16. The molecule has 74 valence electrons. The molecule has 0 atom stereocenters. The second-order valence-corrected chi connectivity index (χ2v) is 3.87. The van der Waals surface area contributed by atoms with E-state index < -0.39 is 0 Å². The second-order valence-electron chi connectivity index (χ2n) is 3.46. The molecule has 0 aliphatic carbocycles. The number of benzene rings is 1. The zero-order chi connectivity index (χ0) is 10.4. The highest BCUT2D eigenvalue weighted by molar-refractivity contribution is 6.35. The molecular formula is C10H7ClN4. The molecule has 2 aromatic heterocycles. The molecule has 15 heavy (non-hydrogen) atoms. The predicted molar refractivity (Wildman–Crippen MR) is 58.0 cm³/mol. The average molecular weight is 219 g/mol. The molecule has 0 saturated carbocycles. The third-order valence-corrected chi connectivity index (χ3v) is 2.70. The first-order valence-electron chi connectivity index (χ1n) is 4.53. The number of fused-ring (bicyclic) bond motifs is 3. The normalized spacial score (nSPS) is 11.3. The Kier molecular flexibility index (Phi) is 1.67. The van der Waals surface area contributed by atoms with E-state index in [-0.39, 0.29) is 0 Å². The van der Waals surface area contributed by atoms with Gasteiger partial charge in [-0.05, 0) is 29.5 Å². The lowest BCUT2D eigenvalue weighted by molar-refractivity contribution is 0.841. The number of aryl methyl sites for hydroxylation is 1. The van der Waals surface area contributed by atoms with Crippen molar-refractivity contribution in [3.63, 3.8) is 0 Å². The van der Waals surface area contributed by atoms with Gasteiger partial charge in [0.25, 0.3) is 0 Å². The molecule has 0 aliphatic heterocycles. The molecule has 0 bridgehead atoms. The Bertz CT molecular complexity index is 659. The lowest BCUT2D eigenvalue weighted by Crippen LogP contribution is -1.91. The molecule has 0 unspecified atom stereocenters. The topological polar surface area (TPSA) is 43.1 Å². The first kappa shape index (κ1) is 8.61. The summed E-state index contributed by atoms with van der Waals surface area (Å²) in [6, 6.07) is 7.78. The van der Waals surface area contributed by atoms with Gasteiger partial charge < -0.3 is 0 Å². The van der Waals surface area contributed by atoms with E-state index in [4.69, 9.17) is 11.6 Å². The number of tetrazole rings is 1. The SMILES string of the molecule is Cc1ccc2c(c1)c(Cl)cc1nnnn12. The highest BCUT2D eigenvalue weighted by atomic mass is 35.5. The van der Waals surface area contributed by atoms with Crippen LogP contribution in [-0.4, -0.2) is 20.0 Å². The van der Waals surface area contributed by atoms with Crippen molar-refractivity contribution in [3.8, 4) is 0 Å². The van der Waals surface area contributed by atoms with Crippen molar-refractivity contribution in [1.29, 1.82) is 0 Å². The van der Waals surface area contributed by atoms with Crippen LogP contribution in [0.5, 0.6) is 0 Å². The molecule has 3 rings (SSSR count). The quantitative estimate of drug-likeness (QED) is 0.581. The monoisotopic (exact) mass is 218 g/mol. The lowest BCUT2D eigenvalue weighted by Gasteiger charge is -2.02. The van der Waals surface area contributed by atoms with Crippen molar-refractivity contribution in [3.05, 3.63) is 34.9 Å². The maximum atomic E-state index is 6.16. The summed E-state index contributed by atoms with van der Waals surface area (Å²) in [5.74, 6) is 0. The van der Waals surface area contributed by atoms with E-state index in [1.54, 1.807) is 10.6 Å². The number of rotatable bonds is 0. The van der Waals surface area contributed by atoms with Gasteiger partial charge in [0.15, 0.2) is 5.65 Å². The van der Waals surface area contributed by atoms with Crippen LogP contribution < -0.4 is 0 Å². The highest BCUT2D eigenvalue weighted by Crippen LogP contribution is 2.25. The van der Waals surface area contributed by atoms with Gasteiger partial charge in [-0.25, -0.2) is 0 Å². The first-order valence-corrected chi connectivity index (χ1v) is 4.90. The minimum atomic E-state index is 0.663. The van der Waals surface area contributed by atoms with Gasteiger partial charge in [-0.1, -0.05) is 23.2 Å². The molecule has 0 saturated heterocycles. The van der Waals surface area contributed by atoms with Crippen LogP contribution in [-0.2, 0) is 0 Å². The highest BCUT2D eigenvalue weighted by Gasteiger charge is 2.07. The van der Waals surface area contributed by atoms with Crippen molar-refractivity contribution < 1.29 is 0 Å². The third kappa shape index (κ3) is 1.18. The van der Waals surface area contributed by atoms with Crippen LogP contribution in [0, 0.1) is 6.92 Å². The van der Waals surface area contributed by atoms with Gasteiger partial charge in [-0.3, -0.25) is 0 Å². The number of nitrogens with zero attached hydrogens (tertiary/aromatic N) is 4. The fraction of sp³-hybridized carbons (Fsp3) is 0.100. The maximum absolute atomic E-state index is 6.16. The van der Waals surface area contributed by atoms with Crippen molar-refractivity contribution in [2.24, 2.45) is 0 Å². The standard InChI is InChI=1S/C10H7ClN4/c1-6-2-3-9-7(4-6)8(11)5-10-12-13-14-15(9)10/h2-5H,1H3. The molecule has 4 nitrogen and oxygen atoms in total. The van der Waals surface area contributed by atoms with Gasteiger partial charge in [0.2, 0.25) is 0 Å². The lowest BCUT2D eigenvalue weighted by atomic mass is 10.1. The van der Waals surface area contributed by atoms with Crippen molar-refractivity contribution >= 4 is 28.2 Å². The van der Waals surface area contributed by atoms with E-state index in [2.05, 4.69) is 15.5 Å². The minimum absolute atomic E-state index is 0.663. The zero-order valence-corrected chi connectivity index (χ0v) is 8.73. The molecule has 0 aliphatic rings. The first-order chi connectivity index (χ1) is 7.25. The fourth-order valence-electron chi connectivity index (χ4n) is 1.67. The van der Waals surface area contributed by atoms with Crippen LogP contribution >= 0.6 is 11.6 Å². The van der Waals surface area contributed by atoms with E-state index in [1.165, 1.54) is 0 Å². The number of halogens is 1. The van der Waals surface area contributed by atoms with Gasteiger partial charge in [-0.2, -0.15) is 4.52 Å². The number of aromatic nitrogens is 4. The van der Waals surface area contributed by atoms with Crippen LogP contribution in [0.15, 0.2) is 24.3 Å². The predicted octanol–water partition coefficient (Wildman–Crippen LogP) is 2.24. The van der Waals surface area contributed by atoms with Crippen LogP contribution in [0.2, 0.25) is 5.02 Å². The number of pyridine rings is 1.